The molecule has 0 aromatic carbocycles. The molecular formula is C18H20N2O5. The molecule has 7 heteroatoms. The number of rotatable bonds is 2. The van der Waals surface area contributed by atoms with Crippen LogP contribution in [0.2, 0.25) is 0 Å². The molecule has 132 valence electrons. The highest BCUT2D eigenvalue weighted by Gasteiger charge is 2.77. The second-order valence-electron chi connectivity index (χ2n) is 7.08. The molecule has 0 radical (unpaired) electrons. The van der Waals surface area contributed by atoms with Crippen molar-refractivity contribution >= 4 is 11.9 Å². The molecule has 1 aromatic rings. The molecule has 1 saturated heterocycles. The summed E-state index contributed by atoms with van der Waals surface area (Å²) in [6, 6.07) is 0.255. The molecule has 2 aliphatic carbocycles. The summed E-state index contributed by atoms with van der Waals surface area (Å²) in [5.41, 5.74) is 0.253. The molecule has 4 atom stereocenters. The number of ether oxygens (including phenoxy) is 3. The lowest BCUT2D eigenvalue weighted by Gasteiger charge is -2.64. The summed E-state index contributed by atoms with van der Waals surface area (Å²) in [4.78, 5) is 33.8. The van der Waals surface area contributed by atoms with Crippen molar-refractivity contribution in [1.29, 1.82) is 0 Å². The van der Waals surface area contributed by atoms with Gasteiger partial charge in [-0.1, -0.05) is 12.2 Å². The third kappa shape index (κ3) is 1.70. The minimum absolute atomic E-state index is 0.0762. The maximum absolute atomic E-state index is 13.1. The molecular weight excluding hydrogens is 324 g/mol. The minimum Gasteiger partial charge on any atom is -0.468 e. The maximum atomic E-state index is 13.1. The zero-order valence-corrected chi connectivity index (χ0v) is 14.5. The zero-order valence-electron chi connectivity index (χ0n) is 14.5. The Bertz CT molecular complexity index is 807. The molecule has 4 rings (SSSR count). The van der Waals surface area contributed by atoms with Crippen LogP contribution < -0.4 is 4.74 Å². The number of carbonyl (C=O) groups is 2. The van der Waals surface area contributed by atoms with Crippen LogP contribution in [0.5, 0.6) is 6.01 Å². The van der Waals surface area contributed by atoms with Gasteiger partial charge in [-0.15, -0.1) is 0 Å². The quantitative estimate of drug-likeness (QED) is 0.591. The van der Waals surface area contributed by atoms with Crippen LogP contribution in [0.3, 0.4) is 0 Å². The number of methoxy groups -OCH3 is 2. The number of esters is 2. The zero-order chi connectivity index (χ0) is 18.0. The topological polar surface area (TPSA) is 87.6 Å². The van der Waals surface area contributed by atoms with E-state index in [-0.39, 0.29) is 17.9 Å². The summed E-state index contributed by atoms with van der Waals surface area (Å²) in [6.07, 6.45) is 3.22. The first-order valence-corrected chi connectivity index (χ1v) is 8.29. The maximum Gasteiger partial charge on any atom is 0.320 e. The number of fused-ring (bicyclic) bond motifs is 2. The molecule has 0 N–H and O–H groups in total. The van der Waals surface area contributed by atoms with Crippen LogP contribution in [0, 0.1) is 11.8 Å². The van der Waals surface area contributed by atoms with E-state index in [2.05, 4.69) is 16.5 Å². The lowest BCUT2D eigenvalue weighted by molar-refractivity contribution is -0.256. The van der Waals surface area contributed by atoms with Crippen molar-refractivity contribution < 1.29 is 23.8 Å². The Hall–Kier alpha value is -2.44. The lowest BCUT2D eigenvalue weighted by atomic mass is 9.45. The van der Waals surface area contributed by atoms with Gasteiger partial charge in [0.05, 0.1) is 25.8 Å². The van der Waals surface area contributed by atoms with Gasteiger partial charge in [-0.25, -0.2) is 4.98 Å². The first kappa shape index (κ1) is 16.1. The number of hydrogen-bond acceptors (Lipinski definition) is 7. The smallest absolute Gasteiger partial charge is 0.320 e. The number of hydrogen-bond donors (Lipinski definition) is 0. The summed E-state index contributed by atoms with van der Waals surface area (Å²) in [7, 11) is 2.85. The Balaban J connectivity index is 2.01. The van der Waals surface area contributed by atoms with Gasteiger partial charge in [-0.05, 0) is 26.2 Å². The average Bonchev–Trinajstić information content (AvgIpc) is 2.61. The van der Waals surface area contributed by atoms with Gasteiger partial charge in [0, 0.05) is 17.7 Å². The summed E-state index contributed by atoms with van der Waals surface area (Å²) in [5.74, 6) is -1.20. The van der Waals surface area contributed by atoms with Crippen molar-refractivity contribution in [2.75, 3.05) is 14.2 Å². The van der Waals surface area contributed by atoms with Crippen molar-refractivity contribution in [1.82, 2.24) is 9.97 Å². The van der Waals surface area contributed by atoms with E-state index >= 15 is 0 Å². The molecule has 3 aliphatic rings. The van der Waals surface area contributed by atoms with Crippen molar-refractivity contribution in [3.63, 3.8) is 0 Å². The monoisotopic (exact) mass is 344 g/mol. The summed E-state index contributed by atoms with van der Waals surface area (Å²) in [5, 5.41) is 0. The lowest BCUT2D eigenvalue weighted by Crippen LogP contribution is -2.77. The molecule has 2 bridgehead atoms. The first-order chi connectivity index (χ1) is 11.9. The van der Waals surface area contributed by atoms with Gasteiger partial charge in [0.25, 0.3) is 0 Å². The van der Waals surface area contributed by atoms with E-state index in [9.17, 15) is 9.59 Å². The van der Waals surface area contributed by atoms with Gasteiger partial charge < -0.3 is 14.2 Å². The Morgan fingerprint density at radius 3 is 2.76 bits per heavy atom. The van der Waals surface area contributed by atoms with Gasteiger partial charge >= 0.3 is 17.9 Å². The second-order valence-corrected chi connectivity index (χ2v) is 7.08. The van der Waals surface area contributed by atoms with Gasteiger partial charge in [0.15, 0.2) is 0 Å². The summed E-state index contributed by atoms with van der Waals surface area (Å²) >= 11 is 0. The van der Waals surface area contributed by atoms with Crippen LogP contribution in [0.15, 0.2) is 18.3 Å². The second kappa shape index (κ2) is 5.03. The third-order valence-electron chi connectivity index (χ3n) is 6.05. The van der Waals surface area contributed by atoms with E-state index in [4.69, 9.17) is 14.2 Å². The fraction of sp³-hybridized carbons (Fsp3) is 0.556. The Morgan fingerprint density at radius 1 is 1.40 bits per heavy atom. The third-order valence-corrected chi connectivity index (χ3v) is 6.05. The van der Waals surface area contributed by atoms with Crippen LogP contribution >= 0.6 is 0 Å². The van der Waals surface area contributed by atoms with Gasteiger partial charge in [-0.2, -0.15) is 4.98 Å². The van der Waals surface area contributed by atoms with Crippen LogP contribution in [0.4, 0.5) is 0 Å². The largest absolute Gasteiger partial charge is 0.468 e. The van der Waals surface area contributed by atoms with Crippen LogP contribution in [-0.4, -0.2) is 41.7 Å². The highest BCUT2D eigenvalue weighted by Crippen LogP contribution is 2.64. The molecule has 25 heavy (non-hydrogen) atoms. The molecule has 1 aromatic heterocycles. The van der Waals surface area contributed by atoms with E-state index in [0.29, 0.717) is 24.8 Å². The summed E-state index contributed by atoms with van der Waals surface area (Å²) < 4.78 is 16.1. The Kier molecular flexibility index (Phi) is 3.23. The number of aromatic nitrogens is 2. The highest BCUT2D eigenvalue weighted by atomic mass is 16.6. The summed E-state index contributed by atoms with van der Waals surface area (Å²) in [6.45, 7) is 5.94. The molecule has 1 spiro atoms. The predicted octanol–water partition coefficient (Wildman–Crippen LogP) is 1.35. The van der Waals surface area contributed by atoms with E-state index in [1.54, 1.807) is 6.20 Å². The SMILES string of the molecule is C=C1C[C@H]2Cc3nc(OC)ncc3[C@@](C(=O)OC)(C1)[C@@]21OC(=O)[C@@H]1C. The normalized spacial score (nSPS) is 35.5. The molecule has 0 amide bonds. The van der Waals surface area contributed by atoms with Crippen molar-refractivity contribution in [2.45, 2.75) is 37.2 Å². The van der Waals surface area contributed by atoms with Gasteiger partial charge in [0.2, 0.25) is 0 Å². The van der Waals surface area contributed by atoms with Crippen LogP contribution in [0.25, 0.3) is 0 Å². The molecule has 2 heterocycles. The van der Waals surface area contributed by atoms with Crippen molar-refractivity contribution in [2.24, 2.45) is 11.8 Å². The van der Waals surface area contributed by atoms with Gasteiger partial charge in [0.1, 0.15) is 11.0 Å². The molecule has 1 aliphatic heterocycles. The average molecular weight is 344 g/mol. The predicted molar refractivity (Wildman–Crippen MR) is 85.8 cm³/mol. The minimum atomic E-state index is -1.16. The molecule has 2 fully saturated rings. The number of nitrogens with zero attached hydrogens (tertiary/aromatic N) is 2. The molecule has 7 nitrogen and oxygen atoms in total. The van der Waals surface area contributed by atoms with Crippen LogP contribution in [-0.2, 0) is 30.9 Å². The fourth-order valence-electron chi connectivity index (χ4n) is 5.08. The fourth-order valence-corrected chi connectivity index (χ4v) is 5.08. The highest BCUT2D eigenvalue weighted by molar-refractivity contribution is 5.93. The molecule has 1 saturated carbocycles. The number of allylic oxidation sites excluding steroid dienone is 1. The van der Waals surface area contributed by atoms with E-state index in [0.717, 1.165) is 11.3 Å². The Labute approximate surface area is 145 Å². The van der Waals surface area contributed by atoms with Crippen molar-refractivity contribution in [3.05, 3.63) is 29.6 Å². The first-order valence-electron chi connectivity index (χ1n) is 8.29. The van der Waals surface area contributed by atoms with Gasteiger partial charge in [-0.3, -0.25) is 9.59 Å². The van der Waals surface area contributed by atoms with Crippen LogP contribution in [0.1, 0.15) is 31.0 Å². The van der Waals surface area contributed by atoms with Crippen molar-refractivity contribution in [3.8, 4) is 6.01 Å². The Morgan fingerprint density at radius 2 is 2.16 bits per heavy atom. The number of carbonyl (C=O) groups excluding carboxylic acids is 2. The molecule has 0 unspecified atom stereocenters. The standard InChI is InChI=1S/C18H20N2O5/c1-9-5-11-6-13-12(8-19-16(20-13)24-4)17(7-9,15(22)23-3)18(11)10(2)14(21)25-18/h8,10-11H,1,5-7H2,2-4H3/t10-,11-,17+,18-/m0/s1. The van der Waals surface area contributed by atoms with E-state index in [1.807, 2.05) is 6.92 Å². The van der Waals surface area contributed by atoms with E-state index in [1.165, 1.54) is 14.2 Å². The van der Waals surface area contributed by atoms with E-state index < -0.39 is 22.9 Å².